The van der Waals surface area contributed by atoms with Crippen molar-refractivity contribution in [2.75, 3.05) is 26.2 Å². The van der Waals surface area contributed by atoms with Crippen LogP contribution in [0.1, 0.15) is 31.4 Å². The van der Waals surface area contributed by atoms with Gasteiger partial charge in [0.05, 0.1) is 0 Å². The first-order valence-electron chi connectivity index (χ1n) is 8.25. The van der Waals surface area contributed by atoms with Crippen molar-refractivity contribution >= 4 is 11.8 Å². The lowest BCUT2D eigenvalue weighted by Gasteiger charge is -2.24. The Bertz CT molecular complexity index is 563. The van der Waals surface area contributed by atoms with E-state index in [1.807, 2.05) is 28.0 Å². The van der Waals surface area contributed by atoms with E-state index in [2.05, 4.69) is 23.0 Å². The molecule has 0 bridgehead atoms. The van der Waals surface area contributed by atoms with Gasteiger partial charge in [-0.2, -0.15) is 0 Å². The van der Waals surface area contributed by atoms with E-state index >= 15 is 0 Å². The SMILES string of the molecule is CC(=O)N1CCCN(C(=O)C2CC(c3ccccc3)NN2)CC1. The molecule has 23 heavy (non-hydrogen) atoms. The maximum atomic E-state index is 12.7. The summed E-state index contributed by atoms with van der Waals surface area (Å²) in [5.41, 5.74) is 7.55. The molecule has 3 rings (SSSR count). The average molecular weight is 316 g/mol. The summed E-state index contributed by atoms with van der Waals surface area (Å²) in [6.07, 6.45) is 1.59. The summed E-state index contributed by atoms with van der Waals surface area (Å²) in [6.45, 7) is 4.29. The van der Waals surface area contributed by atoms with Crippen LogP contribution < -0.4 is 10.9 Å². The number of amides is 2. The highest BCUT2D eigenvalue weighted by Gasteiger charge is 2.33. The molecule has 0 spiro atoms. The molecule has 2 atom stereocenters. The summed E-state index contributed by atoms with van der Waals surface area (Å²) in [6, 6.07) is 10.1. The Labute approximate surface area is 136 Å². The Morgan fingerprint density at radius 3 is 2.43 bits per heavy atom. The Morgan fingerprint density at radius 2 is 1.70 bits per heavy atom. The van der Waals surface area contributed by atoms with E-state index in [1.165, 1.54) is 5.56 Å². The molecule has 2 aliphatic heterocycles. The third kappa shape index (κ3) is 3.71. The van der Waals surface area contributed by atoms with Crippen LogP contribution in [0.3, 0.4) is 0 Å². The van der Waals surface area contributed by atoms with Crippen LogP contribution in [0.2, 0.25) is 0 Å². The molecular weight excluding hydrogens is 292 g/mol. The Morgan fingerprint density at radius 1 is 1.00 bits per heavy atom. The zero-order chi connectivity index (χ0) is 16.2. The van der Waals surface area contributed by atoms with Crippen molar-refractivity contribution in [3.63, 3.8) is 0 Å². The first kappa shape index (κ1) is 16.0. The lowest BCUT2D eigenvalue weighted by Crippen LogP contribution is -2.47. The highest BCUT2D eigenvalue weighted by Crippen LogP contribution is 2.23. The second-order valence-electron chi connectivity index (χ2n) is 6.23. The van der Waals surface area contributed by atoms with E-state index in [1.54, 1.807) is 6.92 Å². The van der Waals surface area contributed by atoms with Gasteiger partial charge in [0, 0.05) is 39.1 Å². The molecule has 2 N–H and O–H groups in total. The number of nitrogens with one attached hydrogen (secondary N) is 2. The van der Waals surface area contributed by atoms with Gasteiger partial charge in [0.15, 0.2) is 0 Å². The Hall–Kier alpha value is -1.92. The summed E-state index contributed by atoms with van der Waals surface area (Å²) >= 11 is 0. The fraction of sp³-hybridized carbons (Fsp3) is 0.529. The quantitative estimate of drug-likeness (QED) is 0.842. The van der Waals surface area contributed by atoms with Crippen molar-refractivity contribution in [1.82, 2.24) is 20.7 Å². The molecule has 0 radical (unpaired) electrons. The van der Waals surface area contributed by atoms with Gasteiger partial charge in [-0.3, -0.25) is 9.59 Å². The second-order valence-corrected chi connectivity index (χ2v) is 6.23. The number of benzene rings is 1. The molecule has 1 aromatic rings. The van der Waals surface area contributed by atoms with Crippen molar-refractivity contribution < 1.29 is 9.59 Å². The van der Waals surface area contributed by atoms with Crippen LogP contribution in [0, 0.1) is 0 Å². The van der Waals surface area contributed by atoms with Gasteiger partial charge in [0.2, 0.25) is 11.8 Å². The number of carbonyl (C=O) groups is 2. The Kier molecular flexibility index (Phi) is 4.93. The van der Waals surface area contributed by atoms with Crippen LogP contribution >= 0.6 is 0 Å². The van der Waals surface area contributed by atoms with Gasteiger partial charge < -0.3 is 9.80 Å². The predicted molar refractivity (Wildman–Crippen MR) is 87.3 cm³/mol. The maximum absolute atomic E-state index is 12.7. The van der Waals surface area contributed by atoms with Gasteiger partial charge in [-0.15, -0.1) is 0 Å². The molecule has 6 nitrogen and oxygen atoms in total. The number of carbonyl (C=O) groups excluding carboxylic acids is 2. The standard InChI is InChI=1S/C17H24N4O2/c1-13(22)20-8-5-9-21(11-10-20)17(23)16-12-15(18-19-16)14-6-3-2-4-7-14/h2-4,6-7,15-16,18-19H,5,8-12H2,1H3. The molecule has 124 valence electrons. The van der Waals surface area contributed by atoms with E-state index in [0.29, 0.717) is 13.1 Å². The van der Waals surface area contributed by atoms with E-state index < -0.39 is 0 Å². The number of nitrogens with zero attached hydrogens (tertiary/aromatic N) is 2. The van der Waals surface area contributed by atoms with Gasteiger partial charge in [-0.05, 0) is 18.4 Å². The third-order valence-electron chi connectivity index (χ3n) is 4.66. The van der Waals surface area contributed by atoms with Crippen LogP contribution in [0.5, 0.6) is 0 Å². The average Bonchev–Trinajstić information content (AvgIpc) is 2.92. The minimum Gasteiger partial charge on any atom is -0.341 e. The number of hydrogen-bond donors (Lipinski definition) is 2. The summed E-state index contributed by atoms with van der Waals surface area (Å²) in [4.78, 5) is 27.9. The van der Waals surface area contributed by atoms with Crippen LogP contribution in [0.4, 0.5) is 0 Å². The zero-order valence-electron chi connectivity index (χ0n) is 13.5. The minimum absolute atomic E-state index is 0.0871. The molecule has 2 amide bonds. The number of hydrogen-bond acceptors (Lipinski definition) is 4. The van der Waals surface area contributed by atoms with Crippen molar-refractivity contribution in [2.24, 2.45) is 0 Å². The Balaban J connectivity index is 1.58. The smallest absolute Gasteiger partial charge is 0.241 e. The molecule has 2 unspecified atom stereocenters. The van der Waals surface area contributed by atoms with Gasteiger partial charge in [0.1, 0.15) is 6.04 Å². The predicted octanol–water partition coefficient (Wildman–Crippen LogP) is 0.675. The van der Waals surface area contributed by atoms with E-state index in [9.17, 15) is 9.59 Å². The van der Waals surface area contributed by atoms with Crippen molar-refractivity contribution in [1.29, 1.82) is 0 Å². The molecule has 2 saturated heterocycles. The van der Waals surface area contributed by atoms with Crippen LogP contribution in [-0.2, 0) is 9.59 Å². The molecule has 0 saturated carbocycles. The van der Waals surface area contributed by atoms with Crippen LogP contribution in [0.15, 0.2) is 30.3 Å². The largest absolute Gasteiger partial charge is 0.341 e. The molecule has 0 aromatic heterocycles. The van der Waals surface area contributed by atoms with Crippen molar-refractivity contribution in [3.8, 4) is 0 Å². The highest BCUT2D eigenvalue weighted by molar-refractivity contribution is 5.82. The molecule has 2 aliphatic rings. The number of rotatable bonds is 2. The van der Waals surface area contributed by atoms with Crippen LogP contribution in [0.25, 0.3) is 0 Å². The van der Waals surface area contributed by atoms with Crippen molar-refractivity contribution in [3.05, 3.63) is 35.9 Å². The van der Waals surface area contributed by atoms with Gasteiger partial charge in [-0.25, -0.2) is 10.9 Å². The fourth-order valence-electron chi connectivity index (χ4n) is 3.30. The van der Waals surface area contributed by atoms with E-state index in [-0.39, 0.29) is 23.9 Å². The minimum atomic E-state index is -0.205. The normalized spacial score (nSPS) is 25.3. The topological polar surface area (TPSA) is 64.7 Å². The summed E-state index contributed by atoms with van der Waals surface area (Å²) < 4.78 is 0. The highest BCUT2D eigenvalue weighted by atomic mass is 16.2. The van der Waals surface area contributed by atoms with Gasteiger partial charge in [0.25, 0.3) is 0 Å². The zero-order valence-corrected chi connectivity index (χ0v) is 13.5. The van der Waals surface area contributed by atoms with Gasteiger partial charge >= 0.3 is 0 Å². The maximum Gasteiger partial charge on any atom is 0.241 e. The summed E-state index contributed by atoms with van der Waals surface area (Å²) in [5, 5.41) is 0. The molecule has 2 fully saturated rings. The lowest BCUT2D eigenvalue weighted by atomic mass is 10.0. The fourth-order valence-corrected chi connectivity index (χ4v) is 3.30. The van der Waals surface area contributed by atoms with E-state index in [0.717, 1.165) is 25.9 Å². The molecule has 2 heterocycles. The van der Waals surface area contributed by atoms with Crippen LogP contribution in [-0.4, -0.2) is 53.8 Å². The molecule has 0 aliphatic carbocycles. The summed E-state index contributed by atoms with van der Waals surface area (Å²) in [7, 11) is 0. The van der Waals surface area contributed by atoms with E-state index in [4.69, 9.17) is 0 Å². The lowest BCUT2D eigenvalue weighted by molar-refractivity contribution is -0.134. The first-order valence-corrected chi connectivity index (χ1v) is 8.25. The summed E-state index contributed by atoms with van der Waals surface area (Å²) in [5.74, 6) is 0.213. The first-order chi connectivity index (χ1) is 11.1. The number of hydrazine groups is 1. The second kappa shape index (κ2) is 7.10. The van der Waals surface area contributed by atoms with Crippen molar-refractivity contribution in [2.45, 2.75) is 31.8 Å². The third-order valence-corrected chi connectivity index (χ3v) is 4.66. The molecular formula is C17H24N4O2. The van der Waals surface area contributed by atoms with Gasteiger partial charge in [-0.1, -0.05) is 30.3 Å². The monoisotopic (exact) mass is 316 g/mol. The molecule has 6 heteroatoms. The molecule has 1 aromatic carbocycles.